The van der Waals surface area contributed by atoms with Gasteiger partial charge in [-0.3, -0.25) is 4.79 Å². The highest BCUT2D eigenvalue weighted by Crippen LogP contribution is 2.38. The SMILES string of the molecule is Cc1nc2c(OC(F)F)cc(C(=O)NCC(c3cc(C(C)(C)O)c(F)c(-c4cc(Cl)c(F)cc4F)n3)C3C=CC=CC3)cc2cc1Br. The summed E-state index contributed by atoms with van der Waals surface area (Å²) < 4.78 is 76.8. The summed E-state index contributed by atoms with van der Waals surface area (Å²) in [4.78, 5) is 22.3. The lowest BCUT2D eigenvalue weighted by Crippen LogP contribution is -2.32. The summed E-state index contributed by atoms with van der Waals surface area (Å²) in [5.74, 6) is -5.05. The number of benzene rings is 2. The minimum Gasteiger partial charge on any atom is -0.432 e. The summed E-state index contributed by atoms with van der Waals surface area (Å²) in [5, 5.41) is 13.6. The van der Waals surface area contributed by atoms with Gasteiger partial charge >= 0.3 is 6.61 Å². The van der Waals surface area contributed by atoms with Gasteiger partial charge in [0.15, 0.2) is 11.6 Å². The van der Waals surface area contributed by atoms with Gasteiger partial charge in [0.1, 0.15) is 22.8 Å². The molecule has 0 saturated carbocycles. The zero-order valence-corrected chi connectivity index (χ0v) is 27.6. The zero-order chi connectivity index (χ0) is 34.2. The van der Waals surface area contributed by atoms with Crippen LogP contribution in [0.2, 0.25) is 5.02 Å². The minimum absolute atomic E-state index is 0.0106. The Kier molecular flexibility index (Phi) is 10.0. The zero-order valence-electron chi connectivity index (χ0n) is 25.2. The molecule has 47 heavy (non-hydrogen) atoms. The fourth-order valence-corrected chi connectivity index (χ4v) is 5.88. The number of hydrogen-bond donors (Lipinski definition) is 2. The van der Waals surface area contributed by atoms with E-state index in [1.807, 2.05) is 18.2 Å². The highest BCUT2D eigenvalue weighted by molar-refractivity contribution is 9.10. The Bertz CT molecular complexity index is 1930. The van der Waals surface area contributed by atoms with E-state index in [0.717, 1.165) is 6.07 Å². The Labute approximate surface area is 280 Å². The molecule has 1 aliphatic carbocycles. The van der Waals surface area contributed by atoms with Crippen molar-refractivity contribution in [3.05, 3.63) is 110 Å². The van der Waals surface area contributed by atoms with Crippen LogP contribution in [0.5, 0.6) is 5.75 Å². The Morgan fingerprint density at radius 2 is 1.85 bits per heavy atom. The number of aromatic nitrogens is 2. The number of allylic oxidation sites excluding steroid dienone is 4. The van der Waals surface area contributed by atoms with E-state index in [0.29, 0.717) is 28.0 Å². The van der Waals surface area contributed by atoms with E-state index in [1.54, 1.807) is 19.1 Å². The van der Waals surface area contributed by atoms with Crippen molar-refractivity contribution >= 4 is 44.3 Å². The van der Waals surface area contributed by atoms with Gasteiger partial charge < -0.3 is 15.2 Å². The number of alkyl halides is 2. The molecule has 2 N–H and O–H groups in total. The lowest BCUT2D eigenvalue weighted by atomic mass is 9.82. The van der Waals surface area contributed by atoms with Crippen LogP contribution in [0, 0.1) is 30.3 Å². The number of ether oxygens (including phenoxy) is 1. The average Bonchev–Trinajstić information content (AvgIpc) is 3.00. The number of hydrogen-bond acceptors (Lipinski definition) is 5. The maximum Gasteiger partial charge on any atom is 0.387 e. The second-order valence-electron chi connectivity index (χ2n) is 11.6. The van der Waals surface area contributed by atoms with Crippen molar-refractivity contribution in [2.45, 2.75) is 45.3 Å². The number of rotatable bonds is 9. The largest absolute Gasteiger partial charge is 0.432 e. The molecule has 2 aromatic heterocycles. The smallest absolute Gasteiger partial charge is 0.387 e. The van der Waals surface area contributed by atoms with E-state index in [4.69, 9.17) is 16.3 Å². The molecule has 13 heteroatoms. The molecule has 0 bridgehead atoms. The number of carbonyl (C=O) groups is 1. The van der Waals surface area contributed by atoms with E-state index >= 15 is 8.78 Å². The normalized spacial score (nSPS) is 15.4. The van der Waals surface area contributed by atoms with Crippen LogP contribution in [0.3, 0.4) is 0 Å². The number of carbonyl (C=O) groups excluding carboxylic acids is 1. The molecule has 4 aromatic rings. The first-order valence-electron chi connectivity index (χ1n) is 14.4. The monoisotopic (exact) mass is 735 g/mol. The van der Waals surface area contributed by atoms with Crippen LogP contribution in [-0.4, -0.2) is 34.1 Å². The van der Waals surface area contributed by atoms with Crippen LogP contribution in [0.25, 0.3) is 22.2 Å². The van der Waals surface area contributed by atoms with E-state index in [2.05, 4.69) is 31.2 Å². The van der Waals surface area contributed by atoms with E-state index in [9.17, 15) is 23.1 Å². The van der Waals surface area contributed by atoms with E-state index in [1.165, 1.54) is 32.0 Å². The topological polar surface area (TPSA) is 84.3 Å². The van der Waals surface area contributed by atoms with Gasteiger partial charge in [-0.25, -0.2) is 23.1 Å². The molecule has 246 valence electrons. The molecular formula is C34H28BrClF5N3O3. The van der Waals surface area contributed by atoms with Crippen LogP contribution in [0.1, 0.15) is 53.5 Å². The number of aryl methyl sites for hydroxylation is 1. The molecular weight excluding hydrogens is 709 g/mol. The number of aliphatic hydroxyl groups is 1. The molecule has 0 radical (unpaired) electrons. The lowest BCUT2D eigenvalue weighted by molar-refractivity contribution is -0.0489. The minimum atomic E-state index is -3.16. The second kappa shape index (κ2) is 13.7. The van der Waals surface area contributed by atoms with Crippen LogP contribution in [-0.2, 0) is 5.60 Å². The molecule has 0 spiro atoms. The molecule has 2 unspecified atom stereocenters. The first kappa shape index (κ1) is 34.5. The van der Waals surface area contributed by atoms with Gasteiger partial charge in [-0.2, -0.15) is 8.78 Å². The van der Waals surface area contributed by atoms with Crippen molar-refractivity contribution in [3.63, 3.8) is 0 Å². The average molecular weight is 737 g/mol. The van der Waals surface area contributed by atoms with Gasteiger partial charge in [-0.1, -0.05) is 35.9 Å². The van der Waals surface area contributed by atoms with Crippen molar-refractivity contribution in [2.75, 3.05) is 6.54 Å². The van der Waals surface area contributed by atoms with E-state index < -0.39 is 57.8 Å². The molecule has 0 aliphatic heterocycles. The van der Waals surface area contributed by atoms with Gasteiger partial charge in [-0.05, 0) is 79.4 Å². The van der Waals surface area contributed by atoms with Gasteiger partial charge in [0, 0.05) is 50.8 Å². The second-order valence-corrected chi connectivity index (χ2v) is 12.8. The third-order valence-corrected chi connectivity index (χ3v) is 8.88. The third kappa shape index (κ3) is 7.50. The first-order valence-corrected chi connectivity index (χ1v) is 15.6. The molecule has 0 saturated heterocycles. The predicted octanol–water partition coefficient (Wildman–Crippen LogP) is 8.91. The molecule has 2 heterocycles. The van der Waals surface area contributed by atoms with Crippen LogP contribution in [0.15, 0.2) is 65.2 Å². The van der Waals surface area contributed by atoms with Crippen LogP contribution >= 0.6 is 27.5 Å². The first-order chi connectivity index (χ1) is 22.1. The fraction of sp³-hybridized carbons (Fsp3) is 0.265. The van der Waals surface area contributed by atoms with Crippen molar-refractivity contribution in [2.24, 2.45) is 5.92 Å². The summed E-state index contributed by atoms with van der Waals surface area (Å²) in [7, 11) is 0. The molecule has 6 nitrogen and oxygen atoms in total. The fourth-order valence-electron chi connectivity index (χ4n) is 5.38. The Morgan fingerprint density at radius 1 is 1.11 bits per heavy atom. The molecule has 2 atom stereocenters. The Morgan fingerprint density at radius 3 is 2.51 bits per heavy atom. The third-order valence-electron chi connectivity index (χ3n) is 7.78. The van der Waals surface area contributed by atoms with Gasteiger partial charge in [0.2, 0.25) is 0 Å². The summed E-state index contributed by atoms with van der Waals surface area (Å²) in [6, 6.07) is 7.08. The van der Waals surface area contributed by atoms with Crippen LogP contribution < -0.4 is 10.1 Å². The highest BCUT2D eigenvalue weighted by atomic mass is 79.9. The number of pyridine rings is 2. The molecule has 2 aromatic carbocycles. The maximum atomic E-state index is 15.9. The predicted molar refractivity (Wildman–Crippen MR) is 172 cm³/mol. The molecule has 0 fully saturated rings. The lowest BCUT2D eigenvalue weighted by Gasteiger charge is -2.28. The Hall–Kier alpha value is -3.87. The maximum absolute atomic E-state index is 15.9. The van der Waals surface area contributed by atoms with E-state index in [-0.39, 0.29) is 40.5 Å². The number of amides is 1. The van der Waals surface area contributed by atoms with Crippen molar-refractivity contribution in [1.82, 2.24) is 15.3 Å². The number of halogens is 7. The van der Waals surface area contributed by atoms with Gasteiger partial charge in [0.05, 0.1) is 16.3 Å². The van der Waals surface area contributed by atoms with Gasteiger partial charge in [-0.15, -0.1) is 0 Å². The highest BCUT2D eigenvalue weighted by Gasteiger charge is 2.31. The number of nitrogens with zero attached hydrogens (tertiary/aromatic N) is 2. The molecule has 5 rings (SSSR count). The summed E-state index contributed by atoms with van der Waals surface area (Å²) in [5.41, 5.74) is -1.98. The van der Waals surface area contributed by atoms with Crippen molar-refractivity contribution < 1.29 is 36.6 Å². The Balaban J connectivity index is 1.58. The molecule has 1 amide bonds. The van der Waals surface area contributed by atoms with Crippen molar-refractivity contribution in [1.29, 1.82) is 0 Å². The summed E-state index contributed by atoms with van der Waals surface area (Å²) in [6.45, 7) is 1.13. The number of fused-ring (bicyclic) bond motifs is 1. The summed E-state index contributed by atoms with van der Waals surface area (Å²) in [6.07, 6.45) is 7.90. The standard InChI is InChI=1S/C34H28BrClF5N3O3/c1-16-23(35)10-18-9-19(11-28(30(18)43-16)47-33(40)41)32(45)42-15-21(17-7-5-4-6-8-17)27-13-22(34(2,3)46)29(39)31(44-27)20-12-24(36)26(38)14-25(20)37/h4-7,9-14,17,21,33,46H,8,15H2,1-3H3,(H,42,45). The summed E-state index contributed by atoms with van der Waals surface area (Å²) >= 11 is 9.28. The number of nitrogens with one attached hydrogen (secondary N) is 1. The van der Waals surface area contributed by atoms with Gasteiger partial charge in [0.25, 0.3) is 5.91 Å². The molecule has 1 aliphatic rings. The van der Waals surface area contributed by atoms with Crippen molar-refractivity contribution in [3.8, 4) is 17.0 Å². The quantitative estimate of drug-likeness (QED) is 0.133. The van der Waals surface area contributed by atoms with Crippen LogP contribution in [0.4, 0.5) is 22.0 Å².